The molecule has 1 aliphatic heterocycles. The minimum absolute atomic E-state index is 0.0245. The maximum absolute atomic E-state index is 12.3. The lowest BCUT2D eigenvalue weighted by molar-refractivity contribution is -0.138. The van der Waals surface area contributed by atoms with E-state index >= 15 is 0 Å². The normalized spacial score (nSPS) is 16.9. The van der Waals surface area contributed by atoms with Gasteiger partial charge in [0.05, 0.1) is 6.61 Å². The van der Waals surface area contributed by atoms with Gasteiger partial charge in [-0.15, -0.1) is 0 Å². The molecule has 0 radical (unpaired) electrons. The van der Waals surface area contributed by atoms with E-state index in [1.807, 2.05) is 11.0 Å². The third-order valence-electron chi connectivity index (χ3n) is 3.51. The summed E-state index contributed by atoms with van der Waals surface area (Å²) in [7, 11) is 0. The van der Waals surface area contributed by atoms with Gasteiger partial charge in [0.1, 0.15) is 5.75 Å². The van der Waals surface area contributed by atoms with Crippen LogP contribution in [0.2, 0.25) is 0 Å². The van der Waals surface area contributed by atoms with Gasteiger partial charge in [-0.2, -0.15) is 0 Å². The summed E-state index contributed by atoms with van der Waals surface area (Å²) in [6, 6.07) is 5.41. The summed E-state index contributed by atoms with van der Waals surface area (Å²) in [6.07, 6.45) is 2.80. The van der Waals surface area contributed by atoms with Crippen LogP contribution in [0.3, 0.4) is 0 Å². The van der Waals surface area contributed by atoms with Crippen LogP contribution in [-0.4, -0.2) is 35.1 Å². The molecule has 1 unspecified atom stereocenters. The van der Waals surface area contributed by atoms with Crippen molar-refractivity contribution in [2.45, 2.75) is 38.9 Å². The number of benzene rings is 1. The molecule has 110 valence electrons. The summed E-state index contributed by atoms with van der Waals surface area (Å²) >= 11 is 3.35. The molecule has 0 saturated carbocycles. The molecule has 1 amide bonds. The highest BCUT2D eigenvalue weighted by molar-refractivity contribution is 9.10. The molecule has 1 N–H and O–H groups in total. The van der Waals surface area contributed by atoms with Crippen LogP contribution in [0, 0.1) is 0 Å². The van der Waals surface area contributed by atoms with E-state index in [9.17, 15) is 9.90 Å². The van der Waals surface area contributed by atoms with Gasteiger partial charge in [0.15, 0.2) is 6.10 Å². The number of nitrogens with zero attached hydrogens (tertiary/aromatic N) is 1. The maximum atomic E-state index is 12.3. The lowest BCUT2D eigenvalue weighted by Crippen LogP contribution is -2.43. The molecule has 1 aliphatic rings. The zero-order valence-electron chi connectivity index (χ0n) is 11.6. The van der Waals surface area contributed by atoms with Crippen LogP contribution < -0.4 is 4.74 Å². The first-order chi connectivity index (χ1) is 9.61. The van der Waals surface area contributed by atoms with Gasteiger partial charge in [-0.25, -0.2) is 0 Å². The fourth-order valence-electron chi connectivity index (χ4n) is 2.40. The van der Waals surface area contributed by atoms with Crippen LogP contribution in [0.4, 0.5) is 0 Å². The van der Waals surface area contributed by atoms with Gasteiger partial charge in [-0.3, -0.25) is 4.79 Å². The topological polar surface area (TPSA) is 49.8 Å². The first kappa shape index (κ1) is 15.3. The molecule has 0 bridgehead atoms. The van der Waals surface area contributed by atoms with Crippen molar-refractivity contribution < 1.29 is 14.6 Å². The fourth-order valence-corrected chi connectivity index (χ4v) is 2.81. The summed E-state index contributed by atoms with van der Waals surface area (Å²) in [5, 5.41) is 9.35. The van der Waals surface area contributed by atoms with Gasteiger partial charge in [0.2, 0.25) is 0 Å². The molecule has 5 heteroatoms. The smallest absolute Gasteiger partial charge is 0.263 e. The summed E-state index contributed by atoms with van der Waals surface area (Å²) in [5.74, 6) is 0.588. The second-order valence-corrected chi connectivity index (χ2v) is 5.97. The van der Waals surface area contributed by atoms with Crippen molar-refractivity contribution in [1.82, 2.24) is 4.90 Å². The number of hydrogen-bond donors (Lipinski definition) is 1. The van der Waals surface area contributed by atoms with E-state index in [4.69, 9.17) is 4.74 Å². The third-order valence-corrected chi connectivity index (χ3v) is 4.01. The van der Waals surface area contributed by atoms with Crippen molar-refractivity contribution >= 4 is 21.8 Å². The van der Waals surface area contributed by atoms with E-state index in [2.05, 4.69) is 15.9 Å². The van der Waals surface area contributed by atoms with E-state index in [1.54, 1.807) is 19.1 Å². The van der Waals surface area contributed by atoms with Crippen molar-refractivity contribution in [3.63, 3.8) is 0 Å². The first-order valence-corrected chi connectivity index (χ1v) is 7.76. The lowest BCUT2D eigenvalue weighted by Gasteiger charge is -2.29. The number of carbonyl (C=O) groups excluding carboxylic acids is 1. The van der Waals surface area contributed by atoms with E-state index in [0.29, 0.717) is 11.3 Å². The molecular weight excluding hydrogens is 322 g/mol. The molecule has 1 aromatic rings. The molecule has 0 spiro atoms. The Bertz CT molecular complexity index is 472. The largest absolute Gasteiger partial charge is 0.481 e. The Morgan fingerprint density at radius 1 is 1.40 bits per heavy atom. The minimum Gasteiger partial charge on any atom is -0.481 e. The average molecular weight is 342 g/mol. The predicted molar refractivity (Wildman–Crippen MR) is 80.6 cm³/mol. The molecule has 1 heterocycles. The minimum atomic E-state index is -0.528. The Labute approximate surface area is 127 Å². The number of rotatable bonds is 4. The highest BCUT2D eigenvalue weighted by atomic mass is 79.9. The Hall–Kier alpha value is -1.07. The van der Waals surface area contributed by atoms with Crippen LogP contribution in [-0.2, 0) is 11.4 Å². The van der Waals surface area contributed by atoms with E-state index in [0.717, 1.165) is 30.4 Å². The molecule has 0 aromatic heterocycles. The highest BCUT2D eigenvalue weighted by Gasteiger charge is 2.24. The zero-order valence-corrected chi connectivity index (χ0v) is 13.2. The molecule has 0 aliphatic carbocycles. The second-order valence-electron chi connectivity index (χ2n) is 5.06. The van der Waals surface area contributed by atoms with Crippen molar-refractivity contribution in [2.75, 3.05) is 13.1 Å². The number of halogens is 1. The van der Waals surface area contributed by atoms with Crippen LogP contribution in [0.25, 0.3) is 0 Å². The van der Waals surface area contributed by atoms with Gasteiger partial charge in [0, 0.05) is 23.1 Å². The standard InChI is InChI=1S/C15H20BrNO3/c1-11(15(19)17-7-3-2-4-8-17)20-14-6-5-13(16)9-12(14)10-18/h5-6,9,11,18H,2-4,7-8,10H2,1H3. The number of ether oxygens (including phenoxy) is 1. The summed E-state index contributed by atoms with van der Waals surface area (Å²) in [6.45, 7) is 3.29. The SMILES string of the molecule is CC(Oc1ccc(Br)cc1CO)C(=O)N1CCCCC1. The number of carbonyl (C=O) groups is 1. The van der Waals surface area contributed by atoms with Crippen molar-refractivity contribution in [2.24, 2.45) is 0 Å². The van der Waals surface area contributed by atoms with Crippen LogP contribution in [0.15, 0.2) is 22.7 Å². The van der Waals surface area contributed by atoms with E-state index in [-0.39, 0.29) is 12.5 Å². The Morgan fingerprint density at radius 3 is 2.75 bits per heavy atom. The van der Waals surface area contributed by atoms with Gasteiger partial charge in [-0.1, -0.05) is 15.9 Å². The van der Waals surface area contributed by atoms with Crippen molar-refractivity contribution in [1.29, 1.82) is 0 Å². The predicted octanol–water partition coefficient (Wildman–Crippen LogP) is 2.72. The molecule has 1 saturated heterocycles. The number of likely N-dealkylation sites (tertiary alicyclic amines) is 1. The van der Waals surface area contributed by atoms with Crippen molar-refractivity contribution in [3.8, 4) is 5.75 Å². The third kappa shape index (κ3) is 3.73. The first-order valence-electron chi connectivity index (χ1n) is 6.96. The molecule has 1 atom stereocenters. The van der Waals surface area contributed by atoms with Gasteiger partial charge >= 0.3 is 0 Å². The molecule has 1 fully saturated rings. The molecular formula is C15H20BrNO3. The Kier molecular flexibility index (Phi) is 5.43. The van der Waals surface area contributed by atoms with Crippen LogP contribution in [0.5, 0.6) is 5.75 Å². The van der Waals surface area contributed by atoms with E-state index < -0.39 is 6.10 Å². The summed E-state index contributed by atoms with van der Waals surface area (Å²) in [4.78, 5) is 14.2. The molecule has 2 rings (SSSR count). The number of piperidine rings is 1. The Balaban J connectivity index is 2.03. The van der Waals surface area contributed by atoms with Crippen molar-refractivity contribution in [3.05, 3.63) is 28.2 Å². The van der Waals surface area contributed by atoms with Gasteiger partial charge in [-0.05, 0) is 44.4 Å². The van der Waals surface area contributed by atoms with Crippen LogP contribution >= 0.6 is 15.9 Å². The number of amides is 1. The zero-order chi connectivity index (χ0) is 14.5. The van der Waals surface area contributed by atoms with Gasteiger partial charge < -0.3 is 14.7 Å². The summed E-state index contributed by atoms with van der Waals surface area (Å²) in [5.41, 5.74) is 0.678. The van der Waals surface area contributed by atoms with Gasteiger partial charge in [0.25, 0.3) is 5.91 Å². The molecule has 1 aromatic carbocycles. The monoisotopic (exact) mass is 341 g/mol. The summed E-state index contributed by atoms with van der Waals surface area (Å²) < 4.78 is 6.61. The quantitative estimate of drug-likeness (QED) is 0.915. The average Bonchev–Trinajstić information content (AvgIpc) is 2.49. The number of aliphatic hydroxyl groups excluding tert-OH is 1. The highest BCUT2D eigenvalue weighted by Crippen LogP contribution is 2.24. The lowest BCUT2D eigenvalue weighted by atomic mass is 10.1. The molecule has 20 heavy (non-hydrogen) atoms. The molecule has 4 nitrogen and oxygen atoms in total. The number of hydrogen-bond acceptors (Lipinski definition) is 3. The second kappa shape index (κ2) is 7.09. The Morgan fingerprint density at radius 2 is 2.10 bits per heavy atom. The maximum Gasteiger partial charge on any atom is 0.263 e. The fraction of sp³-hybridized carbons (Fsp3) is 0.533. The van der Waals surface area contributed by atoms with E-state index in [1.165, 1.54) is 6.42 Å². The van der Waals surface area contributed by atoms with Crippen LogP contribution in [0.1, 0.15) is 31.7 Å². The number of aliphatic hydroxyl groups is 1.